The second-order valence-corrected chi connectivity index (χ2v) is 14.1. The van der Waals surface area contributed by atoms with Crippen molar-refractivity contribution in [3.63, 3.8) is 0 Å². The molecule has 2 fully saturated rings. The van der Waals surface area contributed by atoms with Crippen LogP contribution in [0.25, 0.3) is 5.57 Å². The molecule has 6 unspecified atom stereocenters. The van der Waals surface area contributed by atoms with Crippen LogP contribution in [-0.4, -0.2) is 45.5 Å². The molecule has 1 N–H and O–H groups in total. The van der Waals surface area contributed by atoms with Gasteiger partial charge in [-0.05, 0) is 96.3 Å². The Labute approximate surface area is 280 Å². The third-order valence-electron chi connectivity index (χ3n) is 11.6. The normalized spacial score (nSPS) is 29.0. The molecule has 1 amide bonds. The number of esters is 1. The van der Waals surface area contributed by atoms with Crippen molar-refractivity contribution in [2.45, 2.75) is 105 Å². The van der Waals surface area contributed by atoms with E-state index in [1.165, 1.54) is 34.5 Å². The summed E-state index contributed by atoms with van der Waals surface area (Å²) in [4.78, 5) is 42.8. The predicted octanol–water partition coefficient (Wildman–Crippen LogP) is 8.26. The second kappa shape index (κ2) is 15.0. The molecule has 7 heteroatoms. The highest BCUT2D eigenvalue weighted by molar-refractivity contribution is 5.81. The van der Waals surface area contributed by atoms with Gasteiger partial charge in [0.1, 0.15) is 12.6 Å². The van der Waals surface area contributed by atoms with E-state index in [2.05, 4.69) is 37.0 Å². The van der Waals surface area contributed by atoms with Gasteiger partial charge in [0.05, 0.1) is 0 Å². The van der Waals surface area contributed by atoms with Gasteiger partial charge in [0.25, 0.3) is 0 Å². The Morgan fingerprint density at radius 3 is 2.43 bits per heavy atom. The Morgan fingerprint density at radius 2 is 1.70 bits per heavy atom. The number of carboxylic acid groups (broad SMARTS) is 1. The molecule has 2 saturated carbocycles. The van der Waals surface area contributed by atoms with Crippen LogP contribution in [0.3, 0.4) is 0 Å². The Kier molecular flexibility index (Phi) is 11.0. The summed E-state index contributed by atoms with van der Waals surface area (Å²) in [5.41, 5.74) is 5.46. The maximum absolute atomic E-state index is 12.8. The average Bonchev–Trinajstić information content (AvgIpc) is 3.43. The van der Waals surface area contributed by atoms with Crippen molar-refractivity contribution >= 4 is 23.4 Å². The molecule has 47 heavy (non-hydrogen) atoms. The third-order valence-corrected chi connectivity index (χ3v) is 11.6. The Hall–Kier alpha value is -3.74. The minimum atomic E-state index is -1.05. The minimum Gasteiger partial charge on any atom is -0.480 e. The molecular weight excluding hydrogens is 588 g/mol. The topological polar surface area (TPSA) is 96.8 Å². The van der Waals surface area contributed by atoms with Gasteiger partial charge in [-0.25, -0.2) is 0 Å². The van der Waals surface area contributed by atoms with E-state index >= 15 is 0 Å². The van der Waals surface area contributed by atoms with Gasteiger partial charge < -0.3 is 14.7 Å². The summed E-state index contributed by atoms with van der Waals surface area (Å²) in [5.74, 6) is 0.387. The van der Waals surface area contributed by atoms with E-state index < -0.39 is 5.97 Å². The lowest BCUT2D eigenvalue weighted by molar-refractivity contribution is -0.152. The number of carboxylic acids is 1. The van der Waals surface area contributed by atoms with Crippen molar-refractivity contribution in [1.29, 1.82) is 0 Å². The fraction of sp³-hybridized carbons (Fsp3) is 0.550. The summed E-state index contributed by atoms with van der Waals surface area (Å²) in [6.07, 6.45) is 16.7. The van der Waals surface area contributed by atoms with E-state index in [0.717, 1.165) is 37.7 Å². The first-order chi connectivity index (χ1) is 22.7. The van der Waals surface area contributed by atoms with Crippen LogP contribution in [-0.2, 0) is 25.7 Å². The van der Waals surface area contributed by atoms with Gasteiger partial charge in [0.15, 0.2) is 0 Å². The highest BCUT2D eigenvalue weighted by atomic mass is 16.5. The average molecular weight is 641 g/mol. The number of fused-ring (bicyclic) bond motifs is 5. The Bertz CT molecular complexity index is 1470. The van der Waals surface area contributed by atoms with Crippen molar-refractivity contribution in [2.24, 2.45) is 28.6 Å². The quantitative estimate of drug-likeness (QED) is 0.207. The number of allylic oxidation sites excluding steroid dienone is 3. The predicted molar refractivity (Wildman–Crippen MR) is 184 cm³/mol. The number of carbonyl (C=O) groups is 3. The van der Waals surface area contributed by atoms with Crippen LogP contribution in [0.15, 0.2) is 72.6 Å². The van der Waals surface area contributed by atoms with E-state index in [-0.39, 0.29) is 54.7 Å². The molecule has 6 rings (SSSR count). The number of rotatable bonds is 10. The molecule has 7 nitrogen and oxygen atoms in total. The standard InChI is InChI=1S/C38H46N2O5.C2H6/c1-37-19-17-29(45-36(44)12-6-11-34(41)40(25-35(42)43)24-26-8-4-3-5-9-26)22-28(37)13-14-30-32-16-15-31(27-10-7-21-39-23-27)38(32,2)20-18-33(30)37;1-2/h3-5,7-10,13,15,21,23,29-30,32-33H,6,11-12,14,16-20,22,24-25H2,1-2H3,(H,42,43);1-2H3. The molecule has 252 valence electrons. The van der Waals surface area contributed by atoms with Gasteiger partial charge in [-0.2, -0.15) is 0 Å². The summed E-state index contributed by atoms with van der Waals surface area (Å²) in [5, 5.41) is 9.30. The molecule has 2 aromatic rings. The fourth-order valence-corrected chi connectivity index (χ4v) is 9.25. The minimum absolute atomic E-state index is 0.115. The molecule has 0 spiro atoms. The van der Waals surface area contributed by atoms with E-state index in [4.69, 9.17) is 4.74 Å². The van der Waals surface area contributed by atoms with Crippen molar-refractivity contribution in [3.05, 3.63) is 83.7 Å². The highest BCUT2D eigenvalue weighted by Crippen LogP contribution is 2.66. The number of hydrogen-bond donors (Lipinski definition) is 1. The number of aromatic nitrogens is 1. The number of amides is 1. The number of pyridine rings is 1. The van der Waals surface area contributed by atoms with E-state index in [9.17, 15) is 19.5 Å². The molecule has 0 bridgehead atoms. The van der Waals surface area contributed by atoms with Crippen molar-refractivity contribution < 1.29 is 24.2 Å². The molecule has 4 aliphatic rings. The lowest BCUT2D eigenvalue weighted by Crippen LogP contribution is -2.50. The molecule has 0 saturated heterocycles. The van der Waals surface area contributed by atoms with Crippen LogP contribution in [0, 0.1) is 28.6 Å². The molecule has 0 radical (unpaired) electrons. The van der Waals surface area contributed by atoms with Gasteiger partial charge in [0.2, 0.25) is 5.91 Å². The first-order valence-corrected chi connectivity index (χ1v) is 17.7. The van der Waals surface area contributed by atoms with E-state index in [0.29, 0.717) is 24.2 Å². The van der Waals surface area contributed by atoms with E-state index in [1.807, 2.05) is 62.6 Å². The molecule has 4 aliphatic carbocycles. The number of benzene rings is 1. The fourth-order valence-electron chi connectivity index (χ4n) is 9.25. The summed E-state index contributed by atoms with van der Waals surface area (Å²) in [6, 6.07) is 13.6. The summed E-state index contributed by atoms with van der Waals surface area (Å²) < 4.78 is 5.96. The third kappa shape index (κ3) is 7.39. The zero-order chi connectivity index (χ0) is 33.6. The first kappa shape index (κ1) is 34.6. The summed E-state index contributed by atoms with van der Waals surface area (Å²) >= 11 is 0. The van der Waals surface area contributed by atoms with Crippen LogP contribution in [0.4, 0.5) is 0 Å². The highest BCUT2D eigenvalue weighted by Gasteiger charge is 2.57. The van der Waals surface area contributed by atoms with Gasteiger partial charge >= 0.3 is 11.9 Å². The number of carbonyl (C=O) groups excluding carboxylic acids is 2. The first-order valence-electron chi connectivity index (χ1n) is 17.7. The second-order valence-electron chi connectivity index (χ2n) is 14.1. The van der Waals surface area contributed by atoms with Crippen molar-refractivity contribution in [2.75, 3.05) is 6.54 Å². The number of aliphatic carboxylic acids is 1. The largest absolute Gasteiger partial charge is 0.480 e. The number of nitrogens with zero attached hydrogens (tertiary/aromatic N) is 2. The van der Waals surface area contributed by atoms with Gasteiger partial charge in [-0.3, -0.25) is 19.4 Å². The lowest BCUT2D eigenvalue weighted by atomic mass is 9.47. The maximum Gasteiger partial charge on any atom is 0.323 e. The maximum atomic E-state index is 12.8. The van der Waals surface area contributed by atoms with Crippen LogP contribution in [0.5, 0.6) is 0 Å². The van der Waals surface area contributed by atoms with Crippen LogP contribution < -0.4 is 0 Å². The zero-order valence-corrected chi connectivity index (χ0v) is 28.6. The molecular formula is C40H52N2O5. The smallest absolute Gasteiger partial charge is 0.323 e. The van der Waals surface area contributed by atoms with E-state index in [1.54, 1.807) is 0 Å². The van der Waals surface area contributed by atoms with Crippen molar-refractivity contribution in [1.82, 2.24) is 9.88 Å². The number of hydrogen-bond acceptors (Lipinski definition) is 5. The van der Waals surface area contributed by atoms with Gasteiger partial charge in [0, 0.05) is 38.2 Å². The molecule has 1 aromatic carbocycles. The van der Waals surface area contributed by atoms with Gasteiger partial charge in [-0.1, -0.05) is 81.8 Å². The zero-order valence-electron chi connectivity index (χ0n) is 28.6. The summed E-state index contributed by atoms with van der Waals surface area (Å²) in [7, 11) is 0. The van der Waals surface area contributed by atoms with Crippen LogP contribution >= 0.6 is 0 Å². The monoisotopic (exact) mass is 640 g/mol. The number of ether oxygens (including phenoxy) is 1. The summed E-state index contributed by atoms with van der Waals surface area (Å²) in [6.45, 7) is 8.82. The van der Waals surface area contributed by atoms with Crippen LogP contribution in [0.1, 0.15) is 103 Å². The Balaban J connectivity index is 0.00000213. The Morgan fingerprint density at radius 1 is 0.936 bits per heavy atom. The lowest BCUT2D eigenvalue weighted by Gasteiger charge is -2.57. The van der Waals surface area contributed by atoms with Crippen molar-refractivity contribution in [3.8, 4) is 0 Å². The molecule has 6 atom stereocenters. The molecule has 1 aromatic heterocycles. The van der Waals surface area contributed by atoms with Gasteiger partial charge in [-0.15, -0.1) is 0 Å². The van der Waals surface area contributed by atoms with Crippen LogP contribution in [0.2, 0.25) is 0 Å². The molecule has 1 heterocycles. The molecule has 0 aliphatic heterocycles. The SMILES string of the molecule is CC.CC12CCC(OC(=O)CCCC(=O)N(CC(=O)O)Cc3ccccc3)CC1=CCC1C2CCC2(C)C(c3cccnc3)=CCC12.